The van der Waals surface area contributed by atoms with Crippen LogP contribution in [0.2, 0.25) is 0 Å². The van der Waals surface area contributed by atoms with E-state index < -0.39 is 18.1 Å². The molecule has 0 fully saturated rings. The summed E-state index contributed by atoms with van der Waals surface area (Å²) >= 11 is 0. The summed E-state index contributed by atoms with van der Waals surface area (Å²) in [4.78, 5) is 10.9. The minimum Gasteiger partial charge on any atom is -0.337 e. The summed E-state index contributed by atoms with van der Waals surface area (Å²) in [7, 11) is 1.49. The second-order valence-corrected chi connectivity index (χ2v) is 3.13. The molecule has 1 aromatic heterocycles. The molecule has 0 spiro atoms. The molecule has 0 aliphatic heterocycles. The highest BCUT2D eigenvalue weighted by atomic mass is 19.4. The lowest BCUT2D eigenvalue weighted by Gasteiger charge is -2.19. The van der Waals surface area contributed by atoms with Gasteiger partial charge in [-0.2, -0.15) is 18.3 Å². The molecule has 1 aromatic rings. The lowest BCUT2D eigenvalue weighted by atomic mass is 10.1. The first kappa shape index (κ1) is 12.3. The number of hydrogen-bond acceptors (Lipinski definition) is 2. The van der Waals surface area contributed by atoms with Crippen LogP contribution in [-0.4, -0.2) is 21.9 Å². The molecule has 1 rings (SSSR count). The zero-order valence-corrected chi connectivity index (χ0v) is 8.45. The Morgan fingerprint density at radius 2 is 2.31 bits per heavy atom. The number of alkyl halides is 3. The minimum absolute atomic E-state index is 0.120. The number of aromatic nitrogens is 2. The lowest BCUT2D eigenvalue weighted by Crippen LogP contribution is -2.37. The predicted octanol–water partition coefficient (Wildman–Crippen LogP) is 1.33. The molecule has 16 heavy (non-hydrogen) atoms. The number of carbonyl (C=O) groups is 1. The Bertz CT molecular complexity index is 397. The topological polar surface area (TPSA) is 46.9 Å². The van der Waals surface area contributed by atoms with Gasteiger partial charge in [0.25, 0.3) is 0 Å². The molecule has 1 heterocycles. The summed E-state index contributed by atoms with van der Waals surface area (Å²) in [5.74, 6) is -0.883. The third-order valence-electron chi connectivity index (χ3n) is 1.86. The third kappa shape index (κ3) is 2.85. The van der Waals surface area contributed by atoms with Crippen molar-refractivity contribution in [1.82, 2.24) is 15.1 Å². The van der Waals surface area contributed by atoms with Crippen LogP contribution < -0.4 is 5.32 Å². The SMILES string of the molecule is C=CC(=O)NC(c1cnn(C)c1)C(F)(F)F. The van der Waals surface area contributed by atoms with Crippen LogP contribution >= 0.6 is 0 Å². The molecule has 1 amide bonds. The average Bonchev–Trinajstić information content (AvgIpc) is 2.58. The number of nitrogens with zero attached hydrogens (tertiary/aromatic N) is 2. The van der Waals surface area contributed by atoms with Crippen molar-refractivity contribution < 1.29 is 18.0 Å². The van der Waals surface area contributed by atoms with Crippen LogP contribution in [0.4, 0.5) is 13.2 Å². The Balaban J connectivity index is 2.97. The molecule has 0 aliphatic rings. The molecule has 0 saturated heterocycles. The first-order valence-corrected chi connectivity index (χ1v) is 4.32. The van der Waals surface area contributed by atoms with Crippen LogP contribution in [-0.2, 0) is 11.8 Å². The number of hydrogen-bond donors (Lipinski definition) is 1. The summed E-state index contributed by atoms with van der Waals surface area (Å²) in [6, 6.07) is -2.06. The van der Waals surface area contributed by atoms with Crippen molar-refractivity contribution >= 4 is 5.91 Å². The largest absolute Gasteiger partial charge is 0.413 e. The Hall–Kier alpha value is -1.79. The van der Waals surface area contributed by atoms with Crippen molar-refractivity contribution in [2.45, 2.75) is 12.2 Å². The van der Waals surface area contributed by atoms with Crippen molar-refractivity contribution in [1.29, 1.82) is 0 Å². The van der Waals surface area contributed by atoms with Crippen LogP contribution in [0.1, 0.15) is 11.6 Å². The van der Waals surface area contributed by atoms with E-state index in [1.54, 1.807) is 5.32 Å². The van der Waals surface area contributed by atoms with Gasteiger partial charge in [0.2, 0.25) is 5.91 Å². The van der Waals surface area contributed by atoms with Crippen LogP contribution in [0, 0.1) is 0 Å². The zero-order valence-electron chi connectivity index (χ0n) is 8.45. The number of halogens is 3. The van der Waals surface area contributed by atoms with Gasteiger partial charge in [0, 0.05) is 18.8 Å². The van der Waals surface area contributed by atoms with E-state index in [1.807, 2.05) is 0 Å². The fourth-order valence-corrected chi connectivity index (χ4v) is 1.14. The highest BCUT2D eigenvalue weighted by Gasteiger charge is 2.42. The van der Waals surface area contributed by atoms with Gasteiger partial charge in [0.1, 0.15) is 0 Å². The van der Waals surface area contributed by atoms with E-state index in [0.29, 0.717) is 0 Å². The fourth-order valence-electron chi connectivity index (χ4n) is 1.14. The molecule has 1 N–H and O–H groups in total. The van der Waals surface area contributed by atoms with Crippen LogP contribution in [0.3, 0.4) is 0 Å². The van der Waals surface area contributed by atoms with Crippen LogP contribution in [0.25, 0.3) is 0 Å². The van der Waals surface area contributed by atoms with E-state index in [2.05, 4.69) is 11.7 Å². The van der Waals surface area contributed by atoms with Crippen molar-refractivity contribution in [2.75, 3.05) is 0 Å². The van der Waals surface area contributed by atoms with E-state index in [9.17, 15) is 18.0 Å². The second-order valence-electron chi connectivity index (χ2n) is 3.13. The maximum atomic E-state index is 12.6. The van der Waals surface area contributed by atoms with E-state index in [1.165, 1.54) is 17.9 Å². The maximum absolute atomic E-state index is 12.6. The highest BCUT2D eigenvalue weighted by molar-refractivity contribution is 5.87. The van der Waals surface area contributed by atoms with Crippen molar-refractivity contribution in [3.8, 4) is 0 Å². The lowest BCUT2D eigenvalue weighted by molar-refractivity contribution is -0.162. The average molecular weight is 233 g/mol. The molecule has 0 aromatic carbocycles. The van der Waals surface area contributed by atoms with Gasteiger partial charge >= 0.3 is 6.18 Å². The number of carbonyl (C=O) groups excluding carboxylic acids is 1. The van der Waals surface area contributed by atoms with Gasteiger partial charge in [-0.05, 0) is 6.08 Å². The normalized spacial score (nSPS) is 13.2. The summed E-state index contributed by atoms with van der Waals surface area (Å²) in [5.41, 5.74) is -0.120. The first-order chi connectivity index (χ1) is 7.34. The van der Waals surface area contributed by atoms with Gasteiger partial charge in [-0.3, -0.25) is 9.48 Å². The van der Waals surface area contributed by atoms with E-state index in [4.69, 9.17) is 0 Å². The number of rotatable bonds is 3. The maximum Gasteiger partial charge on any atom is 0.413 e. The van der Waals surface area contributed by atoms with Gasteiger partial charge in [0.05, 0.1) is 6.20 Å². The van der Waals surface area contributed by atoms with Gasteiger partial charge < -0.3 is 5.32 Å². The van der Waals surface area contributed by atoms with Gasteiger partial charge in [0.15, 0.2) is 6.04 Å². The van der Waals surface area contributed by atoms with E-state index in [-0.39, 0.29) is 5.56 Å². The summed E-state index contributed by atoms with van der Waals surface area (Å²) in [6.45, 7) is 3.09. The monoisotopic (exact) mass is 233 g/mol. The molecular weight excluding hydrogens is 223 g/mol. The number of amides is 1. The molecule has 0 bridgehead atoms. The number of aryl methyl sites for hydroxylation is 1. The Labute approximate surface area is 89.7 Å². The quantitative estimate of drug-likeness (QED) is 0.800. The minimum atomic E-state index is -4.57. The zero-order chi connectivity index (χ0) is 12.3. The highest BCUT2D eigenvalue weighted by Crippen LogP contribution is 2.32. The Kier molecular flexibility index (Phi) is 3.36. The van der Waals surface area contributed by atoms with E-state index in [0.717, 1.165) is 12.3 Å². The molecule has 0 saturated carbocycles. The molecule has 7 heteroatoms. The molecular formula is C9H10F3N3O. The van der Waals surface area contributed by atoms with Crippen LogP contribution in [0.15, 0.2) is 25.0 Å². The summed E-state index contributed by atoms with van der Waals surface area (Å²) < 4.78 is 39.1. The summed E-state index contributed by atoms with van der Waals surface area (Å²) in [6.07, 6.45) is -1.53. The fraction of sp³-hybridized carbons (Fsp3) is 0.333. The molecule has 88 valence electrons. The van der Waals surface area contributed by atoms with Gasteiger partial charge in [-0.15, -0.1) is 0 Å². The molecule has 0 aliphatic carbocycles. The second kappa shape index (κ2) is 4.38. The van der Waals surface area contributed by atoms with Crippen molar-refractivity contribution in [2.24, 2.45) is 7.05 Å². The van der Waals surface area contributed by atoms with Crippen molar-refractivity contribution in [3.63, 3.8) is 0 Å². The standard InChI is InChI=1S/C9H10F3N3O/c1-3-7(16)14-8(9(10,11)12)6-4-13-15(2)5-6/h3-5,8H,1H2,2H3,(H,14,16). The van der Waals surface area contributed by atoms with E-state index >= 15 is 0 Å². The molecule has 4 nitrogen and oxygen atoms in total. The predicted molar refractivity (Wildman–Crippen MR) is 50.3 cm³/mol. The Morgan fingerprint density at radius 1 is 1.69 bits per heavy atom. The first-order valence-electron chi connectivity index (χ1n) is 4.32. The smallest absolute Gasteiger partial charge is 0.337 e. The summed E-state index contributed by atoms with van der Waals surface area (Å²) in [5, 5.41) is 5.42. The number of nitrogens with one attached hydrogen (secondary N) is 1. The van der Waals surface area contributed by atoms with Gasteiger partial charge in [-0.25, -0.2) is 0 Å². The molecule has 1 unspecified atom stereocenters. The van der Waals surface area contributed by atoms with Crippen molar-refractivity contribution in [3.05, 3.63) is 30.6 Å². The molecule has 0 radical (unpaired) electrons. The van der Waals surface area contributed by atoms with Gasteiger partial charge in [-0.1, -0.05) is 6.58 Å². The third-order valence-corrected chi connectivity index (χ3v) is 1.86. The van der Waals surface area contributed by atoms with Crippen LogP contribution in [0.5, 0.6) is 0 Å². The Morgan fingerprint density at radius 3 is 2.69 bits per heavy atom. The molecule has 1 atom stereocenters.